The normalized spacial score (nSPS) is 13.5. The average Bonchev–Trinajstić information content (AvgIpc) is 2.74. The van der Waals surface area contributed by atoms with Crippen molar-refractivity contribution in [1.29, 1.82) is 0 Å². The molecule has 2 rings (SSSR count). The van der Waals surface area contributed by atoms with E-state index < -0.39 is 23.7 Å². The quantitative estimate of drug-likeness (QED) is 0.760. The van der Waals surface area contributed by atoms with Gasteiger partial charge in [0.05, 0.1) is 11.7 Å². The number of benzene rings is 1. The van der Waals surface area contributed by atoms with E-state index in [2.05, 4.69) is 15.9 Å². The van der Waals surface area contributed by atoms with Gasteiger partial charge in [-0.05, 0) is 45.1 Å². The molecule has 0 radical (unpaired) electrons. The second-order valence-electron chi connectivity index (χ2n) is 4.15. The Morgan fingerprint density at radius 3 is 2.50 bits per heavy atom. The Kier molecular flexibility index (Phi) is 4.51. The summed E-state index contributed by atoms with van der Waals surface area (Å²) in [6.07, 6.45) is -5.73. The topological polar surface area (TPSA) is 20.2 Å². The molecule has 2 aromatic rings. The Balaban J connectivity index is 2.27. The van der Waals surface area contributed by atoms with E-state index >= 15 is 0 Å². The molecule has 1 aromatic heterocycles. The highest BCUT2D eigenvalue weighted by Gasteiger charge is 2.34. The zero-order valence-corrected chi connectivity index (χ0v) is 12.3. The Bertz CT molecular complexity index is 609. The maximum atomic E-state index is 13.2. The van der Waals surface area contributed by atoms with Gasteiger partial charge >= 0.3 is 6.18 Å². The average molecular weight is 369 g/mol. The molecule has 20 heavy (non-hydrogen) atoms. The molecule has 0 spiro atoms. The van der Waals surface area contributed by atoms with Gasteiger partial charge in [-0.2, -0.15) is 13.2 Å². The molecule has 7 heteroatoms. The minimum atomic E-state index is -4.77. The van der Waals surface area contributed by atoms with Crippen molar-refractivity contribution < 1.29 is 22.7 Å². The molecular weight excluding hydrogens is 360 g/mol. The molecule has 0 bridgehead atoms. The van der Waals surface area contributed by atoms with Crippen molar-refractivity contribution in [3.05, 3.63) is 55.9 Å². The fraction of sp³-hybridized carbons (Fsp3) is 0.231. The number of aliphatic hydroxyl groups is 1. The molecule has 0 fully saturated rings. The molecule has 0 aliphatic rings. The molecule has 108 valence electrons. The SMILES string of the molecule is OC(Cc1sccc1Br)c1ccc(F)c(C(F)(F)F)c1. The lowest BCUT2D eigenvalue weighted by Crippen LogP contribution is -2.10. The predicted octanol–water partition coefficient (Wildman–Crippen LogP) is 4.94. The van der Waals surface area contributed by atoms with Crippen molar-refractivity contribution in [2.75, 3.05) is 0 Å². The maximum absolute atomic E-state index is 13.2. The van der Waals surface area contributed by atoms with Gasteiger partial charge in [0.25, 0.3) is 0 Å². The number of aliphatic hydroxyl groups excluding tert-OH is 1. The van der Waals surface area contributed by atoms with Crippen LogP contribution in [0.4, 0.5) is 17.6 Å². The van der Waals surface area contributed by atoms with Crippen LogP contribution >= 0.6 is 27.3 Å². The summed E-state index contributed by atoms with van der Waals surface area (Å²) < 4.78 is 51.8. The highest BCUT2D eigenvalue weighted by Crippen LogP contribution is 2.34. The summed E-state index contributed by atoms with van der Waals surface area (Å²) in [5, 5.41) is 11.8. The molecule has 0 saturated carbocycles. The van der Waals surface area contributed by atoms with Crippen LogP contribution in [-0.2, 0) is 12.6 Å². The molecule has 1 heterocycles. The highest BCUT2D eigenvalue weighted by molar-refractivity contribution is 9.10. The monoisotopic (exact) mass is 368 g/mol. The molecule has 1 unspecified atom stereocenters. The van der Waals surface area contributed by atoms with Gasteiger partial charge in [-0.25, -0.2) is 4.39 Å². The first-order valence-corrected chi connectivity index (χ1v) is 7.23. The standard InChI is InChI=1S/C13H9BrF4OS/c14-9-3-4-20-12(9)6-11(19)7-1-2-10(15)8(5-7)13(16,17)18/h1-5,11,19H,6H2. The molecule has 0 aliphatic heterocycles. The summed E-state index contributed by atoms with van der Waals surface area (Å²) in [7, 11) is 0. The van der Waals surface area contributed by atoms with E-state index in [4.69, 9.17) is 0 Å². The molecule has 1 nitrogen and oxygen atoms in total. The van der Waals surface area contributed by atoms with Gasteiger partial charge in [-0.3, -0.25) is 0 Å². The number of thiophene rings is 1. The number of rotatable bonds is 3. The Labute approximate surface area is 125 Å². The summed E-state index contributed by atoms with van der Waals surface area (Å²) in [4.78, 5) is 0.815. The van der Waals surface area contributed by atoms with Crippen LogP contribution in [-0.4, -0.2) is 5.11 Å². The smallest absolute Gasteiger partial charge is 0.388 e. The van der Waals surface area contributed by atoms with Crippen LogP contribution in [0.2, 0.25) is 0 Å². The minimum Gasteiger partial charge on any atom is -0.388 e. The molecule has 0 saturated heterocycles. The largest absolute Gasteiger partial charge is 0.419 e. The van der Waals surface area contributed by atoms with Crippen molar-refractivity contribution in [2.24, 2.45) is 0 Å². The number of alkyl halides is 3. The molecule has 0 amide bonds. The van der Waals surface area contributed by atoms with Crippen molar-refractivity contribution in [2.45, 2.75) is 18.7 Å². The predicted molar refractivity (Wildman–Crippen MR) is 72.1 cm³/mol. The van der Waals surface area contributed by atoms with Crippen molar-refractivity contribution >= 4 is 27.3 Å². The summed E-state index contributed by atoms with van der Waals surface area (Å²) >= 11 is 4.67. The summed E-state index contributed by atoms with van der Waals surface area (Å²) in [5.41, 5.74) is -1.32. The summed E-state index contributed by atoms with van der Waals surface area (Å²) in [6, 6.07) is 4.33. The maximum Gasteiger partial charge on any atom is 0.419 e. The third kappa shape index (κ3) is 3.39. The van der Waals surface area contributed by atoms with E-state index in [0.29, 0.717) is 6.07 Å². The van der Waals surface area contributed by atoms with Gasteiger partial charge in [0.15, 0.2) is 0 Å². The molecular formula is C13H9BrF4OS. The Hall–Kier alpha value is -0.920. The third-order valence-electron chi connectivity index (χ3n) is 2.75. The van der Waals surface area contributed by atoms with Crippen LogP contribution in [0.25, 0.3) is 0 Å². The minimum absolute atomic E-state index is 0.0408. The zero-order valence-electron chi connectivity index (χ0n) is 9.92. The van der Waals surface area contributed by atoms with E-state index in [-0.39, 0.29) is 12.0 Å². The first-order valence-electron chi connectivity index (χ1n) is 5.55. The number of halogens is 5. The Morgan fingerprint density at radius 1 is 1.25 bits per heavy atom. The van der Waals surface area contributed by atoms with Crippen molar-refractivity contribution in [3.8, 4) is 0 Å². The fourth-order valence-corrected chi connectivity index (χ4v) is 3.28. The van der Waals surface area contributed by atoms with Crippen LogP contribution in [0, 0.1) is 5.82 Å². The van der Waals surface area contributed by atoms with Gasteiger partial charge < -0.3 is 5.11 Å². The summed E-state index contributed by atoms with van der Waals surface area (Å²) in [5.74, 6) is -1.34. The lowest BCUT2D eigenvalue weighted by atomic mass is 10.0. The first-order chi connectivity index (χ1) is 9.29. The first kappa shape index (κ1) is 15.5. The molecule has 1 atom stereocenters. The van der Waals surface area contributed by atoms with Crippen LogP contribution in [0.3, 0.4) is 0 Å². The van der Waals surface area contributed by atoms with Crippen molar-refractivity contribution in [3.63, 3.8) is 0 Å². The number of hydrogen-bond donors (Lipinski definition) is 1. The Morgan fingerprint density at radius 2 is 1.95 bits per heavy atom. The van der Waals surface area contributed by atoms with Gasteiger partial charge in [-0.15, -0.1) is 11.3 Å². The van der Waals surface area contributed by atoms with Gasteiger partial charge in [0.1, 0.15) is 5.82 Å². The second-order valence-corrected chi connectivity index (χ2v) is 6.00. The molecule has 1 N–H and O–H groups in total. The lowest BCUT2D eigenvalue weighted by Gasteiger charge is -2.14. The highest BCUT2D eigenvalue weighted by atomic mass is 79.9. The molecule has 1 aromatic carbocycles. The van der Waals surface area contributed by atoms with Crippen LogP contribution in [0.1, 0.15) is 22.1 Å². The second kappa shape index (κ2) is 5.83. The summed E-state index contributed by atoms with van der Waals surface area (Å²) in [6.45, 7) is 0. The third-order valence-corrected chi connectivity index (χ3v) is 4.70. The van der Waals surface area contributed by atoms with Crippen LogP contribution < -0.4 is 0 Å². The van der Waals surface area contributed by atoms with E-state index in [9.17, 15) is 22.7 Å². The van der Waals surface area contributed by atoms with E-state index in [0.717, 1.165) is 21.5 Å². The zero-order chi connectivity index (χ0) is 14.9. The lowest BCUT2D eigenvalue weighted by molar-refractivity contribution is -0.140. The fourth-order valence-electron chi connectivity index (χ4n) is 1.73. The van der Waals surface area contributed by atoms with Crippen LogP contribution in [0.15, 0.2) is 34.1 Å². The van der Waals surface area contributed by atoms with E-state index in [1.54, 1.807) is 11.4 Å². The van der Waals surface area contributed by atoms with Crippen LogP contribution in [0.5, 0.6) is 0 Å². The van der Waals surface area contributed by atoms with Gasteiger partial charge in [0.2, 0.25) is 0 Å². The van der Waals surface area contributed by atoms with E-state index in [1.165, 1.54) is 11.3 Å². The van der Waals surface area contributed by atoms with E-state index in [1.807, 2.05) is 0 Å². The number of hydrogen-bond acceptors (Lipinski definition) is 2. The van der Waals surface area contributed by atoms with Gasteiger partial charge in [-0.1, -0.05) is 6.07 Å². The molecule has 0 aliphatic carbocycles. The van der Waals surface area contributed by atoms with Gasteiger partial charge in [0, 0.05) is 15.8 Å². The van der Waals surface area contributed by atoms with Crippen molar-refractivity contribution in [1.82, 2.24) is 0 Å².